The van der Waals surface area contributed by atoms with E-state index < -0.39 is 0 Å². The number of nitrogens with zero attached hydrogens (tertiary/aromatic N) is 3. The lowest BCUT2D eigenvalue weighted by Crippen LogP contribution is -2.00. The van der Waals surface area contributed by atoms with Gasteiger partial charge in [0.25, 0.3) is 0 Å². The molecule has 0 spiro atoms. The third-order valence-corrected chi connectivity index (χ3v) is 11.1. The first-order chi connectivity index (χ1) is 26.1. The predicted molar refractivity (Wildman–Crippen MR) is 224 cm³/mol. The van der Waals surface area contributed by atoms with Gasteiger partial charge in [0.15, 0.2) is 0 Å². The molecule has 0 radical (unpaired) electrons. The maximum atomic E-state index is 2.49. The molecule has 0 N–H and O–H groups in total. The van der Waals surface area contributed by atoms with Crippen molar-refractivity contribution >= 4 is 65.4 Å². The van der Waals surface area contributed by atoms with Gasteiger partial charge >= 0.3 is 0 Å². The van der Waals surface area contributed by atoms with Gasteiger partial charge in [-0.2, -0.15) is 0 Å². The van der Waals surface area contributed by atoms with E-state index in [9.17, 15) is 0 Å². The summed E-state index contributed by atoms with van der Waals surface area (Å²) in [6.45, 7) is 4.37. The average molecular weight is 678 g/mol. The molecule has 250 valence electrons. The second-order valence-electron chi connectivity index (χ2n) is 14.4. The summed E-state index contributed by atoms with van der Waals surface area (Å²) in [5, 5.41) is 7.60. The molecule has 0 saturated heterocycles. The maximum absolute atomic E-state index is 2.49. The van der Waals surface area contributed by atoms with E-state index >= 15 is 0 Å². The molecular formula is C50H35N3. The summed E-state index contributed by atoms with van der Waals surface area (Å²) in [6, 6.07) is 64.7. The van der Waals surface area contributed by atoms with Crippen molar-refractivity contribution in [1.82, 2.24) is 13.7 Å². The fourth-order valence-electron chi connectivity index (χ4n) is 8.83. The Morgan fingerprint density at radius 1 is 0.283 bits per heavy atom. The highest BCUT2D eigenvalue weighted by atomic mass is 15.0. The molecule has 0 fully saturated rings. The molecule has 3 nitrogen and oxygen atoms in total. The van der Waals surface area contributed by atoms with Crippen LogP contribution >= 0.6 is 0 Å². The van der Waals surface area contributed by atoms with Crippen LogP contribution in [-0.2, 0) is 0 Å². The quantitative estimate of drug-likeness (QED) is 0.176. The molecule has 53 heavy (non-hydrogen) atoms. The van der Waals surface area contributed by atoms with Crippen LogP contribution in [0, 0.1) is 13.8 Å². The van der Waals surface area contributed by atoms with E-state index in [0.29, 0.717) is 0 Å². The number of rotatable bonds is 4. The summed E-state index contributed by atoms with van der Waals surface area (Å²) >= 11 is 0. The summed E-state index contributed by atoms with van der Waals surface area (Å²) in [4.78, 5) is 0. The monoisotopic (exact) mass is 677 g/mol. The first-order valence-electron chi connectivity index (χ1n) is 18.4. The molecule has 3 aromatic heterocycles. The van der Waals surface area contributed by atoms with Crippen LogP contribution in [0.25, 0.3) is 93.6 Å². The van der Waals surface area contributed by atoms with E-state index in [4.69, 9.17) is 0 Å². The molecular weight excluding hydrogens is 643 g/mol. The van der Waals surface area contributed by atoms with Crippen LogP contribution < -0.4 is 0 Å². The Morgan fingerprint density at radius 2 is 0.736 bits per heavy atom. The average Bonchev–Trinajstić information content (AvgIpc) is 3.84. The largest absolute Gasteiger partial charge is 0.309 e. The van der Waals surface area contributed by atoms with Crippen LogP contribution in [0.15, 0.2) is 176 Å². The Hall–Kier alpha value is -6.84. The van der Waals surface area contributed by atoms with Crippen LogP contribution in [0.1, 0.15) is 11.1 Å². The highest BCUT2D eigenvalue weighted by Crippen LogP contribution is 2.44. The first-order valence-corrected chi connectivity index (χ1v) is 18.4. The van der Waals surface area contributed by atoms with Crippen LogP contribution in [0.3, 0.4) is 0 Å². The zero-order chi connectivity index (χ0) is 35.2. The normalized spacial score (nSPS) is 12.0. The van der Waals surface area contributed by atoms with Gasteiger partial charge in [-0.1, -0.05) is 109 Å². The number of fused-ring (bicyclic) bond motifs is 10. The van der Waals surface area contributed by atoms with Crippen molar-refractivity contribution in [3.8, 4) is 28.2 Å². The number of benzene rings is 8. The van der Waals surface area contributed by atoms with Crippen molar-refractivity contribution < 1.29 is 0 Å². The Balaban J connectivity index is 1.26. The predicted octanol–water partition coefficient (Wildman–Crippen LogP) is 13.3. The van der Waals surface area contributed by atoms with Crippen LogP contribution in [0.4, 0.5) is 0 Å². The van der Waals surface area contributed by atoms with Gasteiger partial charge in [0.05, 0.1) is 33.1 Å². The van der Waals surface area contributed by atoms with Gasteiger partial charge < -0.3 is 13.7 Å². The maximum Gasteiger partial charge on any atom is 0.0548 e. The number of aryl methyl sites for hydroxylation is 2. The lowest BCUT2D eigenvalue weighted by Gasteiger charge is -2.14. The van der Waals surface area contributed by atoms with Crippen LogP contribution in [-0.4, -0.2) is 13.7 Å². The van der Waals surface area contributed by atoms with E-state index in [0.717, 1.165) is 17.1 Å². The van der Waals surface area contributed by atoms with Crippen LogP contribution in [0.5, 0.6) is 0 Å². The highest BCUT2D eigenvalue weighted by molar-refractivity contribution is 6.29. The summed E-state index contributed by atoms with van der Waals surface area (Å²) < 4.78 is 7.34. The van der Waals surface area contributed by atoms with Crippen molar-refractivity contribution in [1.29, 1.82) is 0 Å². The van der Waals surface area contributed by atoms with Crippen LogP contribution in [0.2, 0.25) is 0 Å². The van der Waals surface area contributed by atoms with E-state index in [1.54, 1.807) is 0 Å². The summed E-state index contributed by atoms with van der Waals surface area (Å²) in [7, 11) is 0. The van der Waals surface area contributed by atoms with Crippen molar-refractivity contribution in [2.45, 2.75) is 13.8 Å². The molecule has 8 aromatic carbocycles. The molecule has 0 aliphatic heterocycles. The Labute approximate surface area is 307 Å². The van der Waals surface area contributed by atoms with Gasteiger partial charge in [-0.25, -0.2) is 0 Å². The minimum atomic E-state index is 1.15. The molecule has 11 aromatic rings. The SMILES string of the molecule is Cc1ccc(-c2ccc3c(c2)c2c4c5ccccc5n(-c5ccccc5)c4ccc2n3-c2cc(C)cc(-n3c4ccccc4c4ccccc43)c2)cc1. The lowest BCUT2D eigenvalue weighted by atomic mass is 10.00. The molecule has 0 unspecified atom stereocenters. The molecule has 0 atom stereocenters. The summed E-state index contributed by atoms with van der Waals surface area (Å²) in [5.41, 5.74) is 15.6. The van der Waals surface area contributed by atoms with Gasteiger partial charge in [0.1, 0.15) is 0 Å². The molecule has 0 bridgehead atoms. The van der Waals surface area contributed by atoms with E-state index in [-0.39, 0.29) is 0 Å². The van der Waals surface area contributed by atoms with Gasteiger partial charge in [0, 0.05) is 49.4 Å². The Kier molecular flexibility index (Phi) is 6.38. The second kappa shape index (κ2) is 11.3. The smallest absolute Gasteiger partial charge is 0.0548 e. The van der Waals surface area contributed by atoms with Gasteiger partial charge in [0.2, 0.25) is 0 Å². The molecule has 11 rings (SSSR count). The van der Waals surface area contributed by atoms with Crippen molar-refractivity contribution in [3.05, 3.63) is 187 Å². The molecule has 0 saturated carbocycles. The van der Waals surface area contributed by atoms with E-state index in [2.05, 4.69) is 203 Å². The Bertz CT molecular complexity index is 3170. The minimum absolute atomic E-state index is 1.15. The molecule has 0 aliphatic carbocycles. The number of aromatic nitrogens is 3. The molecule has 3 heteroatoms. The zero-order valence-electron chi connectivity index (χ0n) is 29.6. The first kappa shape index (κ1) is 29.8. The highest BCUT2D eigenvalue weighted by Gasteiger charge is 2.22. The molecule has 0 aliphatic rings. The van der Waals surface area contributed by atoms with Crippen molar-refractivity contribution in [2.24, 2.45) is 0 Å². The number of hydrogen-bond donors (Lipinski definition) is 0. The van der Waals surface area contributed by atoms with E-state index in [1.807, 2.05) is 0 Å². The van der Waals surface area contributed by atoms with Crippen molar-refractivity contribution in [2.75, 3.05) is 0 Å². The minimum Gasteiger partial charge on any atom is -0.309 e. The van der Waals surface area contributed by atoms with Gasteiger partial charge in [-0.05, 0) is 103 Å². The summed E-state index contributed by atoms with van der Waals surface area (Å²) in [5.74, 6) is 0. The third-order valence-electron chi connectivity index (χ3n) is 11.1. The van der Waals surface area contributed by atoms with Gasteiger partial charge in [-0.3, -0.25) is 0 Å². The lowest BCUT2D eigenvalue weighted by molar-refractivity contribution is 1.12. The number of para-hydroxylation sites is 4. The third kappa shape index (κ3) is 4.41. The van der Waals surface area contributed by atoms with E-state index in [1.165, 1.54) is 87.7 Å². The fraction of sp³-hybridized carbons (Fsp3) is 0.0400. The standard InChI is InChI=1S/C50H35N3/c1-32-20-22-34(23-21-32)35-24-25-46-42(30-35)50-48(27-26-47-49(50)41-16-8-11-19-45(41)51(47)36-12-4-3-5-13-36)53(46)38-29-33(2)28-37(31-38)52-43-17-9-6-14-39(43)40-15-7-10-18-44(40)52/h3-31H,1-2H3. The topological polar surface area (TPSA) is 14.8 Å². The zero-order valence-corrected chi connectivity index (χ0v) is 29.6. The molecule has 0 amide bonds. The Morgan fingerprint density at radius 3 is 1.38 bits per heavy atom. The van der Waals surface area contributed by atoms with Crippen molar-refractivity contribution in [3.63, 3.8) is 0 Å². The summed E-state index contributed by atoms with van der Waals surface area (Å²) in [6.07, 6.45) is 0. The molecule has 3 heterocycles. The fourth-order valence-corrected chi connectivity index (χ4v) is 8.83. The number of hydrogen-bond acceptors (Lipinski definition) is 0. The van der Waals surface area contributed by atoms with Gasteiger partial charge in [-0.15, -0.1) is 0 Å². The second-order valence-corrected chi connectivity index (χ2v) is 14.4.